The monoisotopic (exact) mass is 426 g/mol. The molecule has 23 heavy (non-hydrogen) atoms. The van der Waals surface area contributed by atoms with Crippen molar-refractivity contribution in [3.63, 3.8) is 0 Å². The number of benzene rings is 2. The Morgan fingerprint density at radius 1 is 1.00 bits per heavy atom. The summed E-state index contributed by atoms with van der Waals surface area (Å²) < 4.78 is 11.5. The quantitative estimate of drug-likeness (QED) is 0.581. The minimum atomic E-state index is -2.97. The summed E-state index contributed by atoms with van der Waals surface area (Å²) in [6.45, 7) is 5.06. The Kier molecular flexibility index (Phi) is 5.75. The van der Waals surface area contributed by atoms with Crippen LogP contribution in [0.2, 0.25) is 0 Å². The fraction of sp³-hybridized carbons (Fsp3) is 0.0588. The molecule has 6 heteroatoms. The first kappa shape index (κ1) is 17.0. The first-order chi connectivity index (χ1) is 11.0. The molecule has 0 bridgehead atoms. The molecule has 120 valence electrons. The molecule has 0 saturated carbocycles. The number of phenols is 1. The Morgan fingerprint density at radius 3 is 2.17 bits per heavy atom. The number of carbonyl (C=O) groups excluding carboxylic acids is 2. The van der Waals surface area contributed by atoms with Gasteiger partial charge in [0, 0.05) is 0 Å². The van der Waals surface area contributed by atoms with Crippen molar-refractivity contribution in [2.45, 2.75) is 6.92 Å². The second kappa shape index (κ2) is 7.77. The zero-order valence-electron chi connectivity index (χ0n) is 12.4. The van der Waals surface area contributed by atoms with Crippen molar-refractivity contribution >= 4 is 32.6 Å². The number of rotatable bonds is 5. The van der Waals surface area contributed by atoms with E-state index in [1.165, 1.54) is 31.2 Å². The van der Waals surface area contributed by atoms with E-state index < -0.39 is 32.6 Å². The summed E-state index contributed by atoms with van der Waals surface area (Å²) in [5, 5.41) is 9.26. The van der Waals surface area contributed by atoms with Gasteiger partial charge in [0.15, 0.2) is 0 Å². The van der Waals surface area contributed by atoms with Crippen LogP contribution in [0.25, 0.3) is 0 Å². The van der Waals surface area contributed by atoms with E-state index in [4.69, 9.17) is 6.13 Å². The van der Waals surface area contributed by atoms with Crippen molar-refractivity contribution < 1.29 is 20.8 Å². The molecular weight excluding hydrogens is 411 g/mol. The van der Waals surface area contributed by atoms with Crippen molar-refractivity contribution in [2.24, 2.45) is 0 Å². The summed E-state index contributed by atoms with van der Waals surface area (Å²) in [6.07, 6.45) is 0. The molecule has 0 atom stereocenters. The van der Waals surface area contributed by atoms with E-state index in [1.54, 1.807) is 24.3 Å². The SMILES string of the molecule is C=C(C)C(=O)OI(OC(=O)c1ccc(O)cc1)c1ccccc1. The van der Waals surface area contributed by atoms with Gasteiger partial charge in [-0.2, -0.15) is 0 Å². The number of carbonyl (C=O) groups is 2. The summed E-state index contributed by atoms with van der Waals surface area (Å²) in [7, 11) is 0. The minimum absolute atomic E-state index is 0.0497. The molecule has 0 heterocycles. The molecule has 2 aromatic rings. The number of hydrogen-bond acceptors (Lipinski definition) is 5. The van der Waals surface area contributed by atoms with Crippen molar-refractivity contribution in [2.75, 3.05) is 0 Å². The van der Waals surface area contributed by atoms with E-state index in [1.807, 2.05) is 6.07 Å². The van der Waals surface area contributed by atoms with E-state index in [0.717, 1.165) is 0 Å². The first-order valence-electron chi connectivity index (χ1n) is 6.62. The molecule has 5 nitrogen and oxygen atoms in total. The Bertz CT molecular complexity index is 710. The van der Waals surface area contributed by atoms with Gasteiger partial charge in [0.2, 0.25) is 0 Å². The summed E-state index contributed by atoms with van der Waals surface area (Å²) in [5.41, 5.74) is 0.510. The predicted octanol–water partition coefficient (Wildman–Crippen LogP) is 3.87. The zero-order valence-corrected chi connectivity index (χ0v) is 14.5. The number of hydrogen-bond donors (Lipinski definition) is 1. The summed E-state index contributed by atoms with van der Waals surface area (Å²) in [4.78, 5) is 24.0. The van der Waals surface area contributed by atoms with Crippen molar-refractivity contribution in [1.82, 2.24) is 0 Å². The van der Waals surface area contributed by atoms with Gasteiger partial charge in [0.05, 0.1) is 0 Å². The third-order valence-electron chi connectivity index (χ3n) is 2.64. The van der Waals surface area contributed by atoms with Crippen LogP contribution < -0.4 is 0 Å². The molecule has 0 radical (unpaired) electrons. The van der Waals surface area contributed by atoms with Crippen molar-refractivity contribution in [3.8, 4) is 5.75 Å². The molecule has 1 N–H and O–H groups in total. The number of phenolic OH excluding ortho intramolecular Hbond substituents is 1. The maximum atomic E-state index is 12.2. The van der Waals surface area contributed by atoms with Crippen LogP contribution in [0.3, 0.4) is 0 Å². The zero-order chi connectivity index (χ0) is 16.8. The molecule has 0 aliphatic heterocycles. The van der Waals surface area contributed by atoms with Crippen molar-refractivity contribution in [3.05, 3.63) is 75.9 Å². The molecule has 0 unspecified atom stereocenters. The summed E-state index contributed by atoms with van der Waals surface area (Å²) >= 11 is -2.97. The summed E-state index contributed by atoms with van der Waals surface area (Å²) in [6, 6.07) is 14.5. The van der Waals surface area contributed by atoms with Gasteiger partial charge in [-0.3, -0.25) is 0 Å². The fourth-order valence-corrected chi connectivity index (χ4v) is 4.42. The average Bonchev–Trinajstić information content (AvgIpc) is 2.55. The molecule has 0 amide bonds. The van der Waals surface area contributed by atoms with Gasteiger partial charge in [-0.05, 0) is 0 Å². The number of halogens is 1. The van der Waals surface area contributed by atoms with Gasteiger partial charge in [-0.25, -0.2) is 0 Å². The molecule has 2 aromatic carbocycles. The predicted molar refractivity (Wildman–Crippen MR) is 93.6 cm³/mol. The maximum absolute atomic E-state index is 12.2. The Hall–Kier alpha value is -2.35. The van der Waals surface area contributed by atoms with Crippen LogP contribution in [0, 0.1) is 3.57 Å². The van der Waals surface area contributed by atoms with Gasteiger partial charge in [0.1, 0.15) is 0 Å². The van der Waals surface area contributed by atoms with E-state index in [2.05, 4.69) is 6.58 Å². The first-order valence-corrected chi connectivity index (χ1v) is 9.46. The van der Waals surface area contributed by atoms with Gasteiger partial charge in [-0.15, -0.1) is 0 Å². The third-order valence-corrected chi connectivity index (χ3v) is 5.98. The van der Waals surface area contributed by atoms with E-state index >= 15 is 0 Å². The van der Waals surface area contributed by atoms with E-state index in [9.17, 15) is 14.7 Å². The Labute approximate surface area is 142 Å². The Morgan fingerprint density at radius 2 is 1.61 bits per heavy atom. The van der Waals surface area contributed by atoms with Crippen LogP contribution in [-0.2, 0) is 10.9 Å². The van der Waals surface area contributed by atoms with Crippen LogP contribution in [0.1, 0.15) is 17.3 Å². The molecule has 0 aromatic heterocycles. The average molecular weight is 426 g/mol. The van der Waals surface area contributed by atoms with Gasteiger partial charge < -0.3 is 0 Å². The van der Waals surface area contributed by atoms with E-state index in [-0.39, 0.29) is 16.9 Å². The fourth-order valence-electron chi connectivity index (χ4n) is 1.46. The second-order valence-corrected chi connectivity index (χ2v) is 7.94. The summed E-state index contributed by atoms with van der Waals surface area (Å²) in [5.74, 6) is -1.14. The molecule has 0 aliphatic carbocycles. The van der Waals surface area contributed by atoms with Crippen LogP contribution in [0.15, 0.2) is 66.7 Å². The van der Waals surface area contributed by atoms with Crippen LogP contribution in [0.5, 0.6) is 5.75 Å². The molecular formula is C17H15IO5. The molecule has 0 fully saturated rings. The van der Waals surface area contributed by atoms with Crippen LogP contribution >= 0.6 is 20.6 Å². The standard InChI is InChI=1S/C17H15IO5/c1-12(2)16(20)22-18(14-6-4-3-5-7-14)23-17(21)13-8-10-15(19)11-9-13/h3-11,19H,1H2,2H3. The second-order valence-electron chi connectivity index (χ2n) is 4.57. The van der Waals surface area contributed by atoms with Crippen molar-refractivity contribution in [1.29, 1.82) is 0 Å². The Balaban J connectivity index is 2.20. The molecule has 0 spiro atoms. The topological polar surface area (TPSA) is 72.8 Å². The van der Waals surface area contributed by atoms with Crippen LogP contribution in [-0.4, -0.2) is 17.0 Å². The third kappa shape index (κ3) is 4.82. The molecule has 0 saturated heterocycles. The molecule has 2 rings (SSSR count). The van der Waals surface area contributed by atoms with Gasteiger partial charge in [0.25, 0.3) is 0 Å². The normalized spacial score (nSPS) is 10.6. The number of aromatic hydroxyl groups is 1. The van der Waals surface area contributed by atoms with Gasteiger partial charge in [-0.1, -0.05) is 0 Å². The van der Waals surface area contributed by atoms with E-state index in [0.29, 0.717) is 3.57 Å². The molecule has 0 aliphatic rings. The van der Waals surface area contributed by atoms with Gasteiger partial charge >= 0.3 is 142 Å². The van der Waals surface area contributed by atoms with Crippen LogP contribution in [0.4, 0.5) is 0 Å².